The smallest absolute Gasteiger partial charge is 0.273 e. The van der Waals surface area contributed by atoms with Crippen LogP contribution in [0.3, 0.4) is 0 Å². The van der Waals surface area contributed by atoms with Crippen LogP contribution in [-0.2, 0) is 13.7 Å². The summed E-state index contributed by atoms with van der Waals surface area (Å²) in [6, 6.07) is 14.7. The van der Waals surface area contributed by atoms with Gasteiger partial charge in [-0.15, -0.1) is 0 Å². The number of nitrogens with zero attached hydrogens (tertiary/aromatic N) is 2. The highest BCUT2D eigenvalue weighted by Crippen LogP contribution is 2.29. The molecule has 1 amide bonds. The Bertz CT molecular complexity index is 951. The van der Waals surface area contributed by atoms with Gasteiger partial charge in [0.1, 0.15) is 18.1 Å². The maximum Gasteiger partial charge on any atom is 0.273 e. The van der Waals surface area contributed by atoms with E-state index in [1.54, 1.807) is 31.4 Å². The van der Waals surface area contributed by atoms with Crippen LogP contribution in [0, 0.1) is 0 Å². The predicted octanol–water partition coefficient (Wildman–Crippen LogP) is 4.05. The summed E-state index contributed by atoms with van der Waals surface area (Å²) >= 11 is 0. The summed E-state index contributed by atoms with van der Waals surface area (Å²) in [4.78, 5) is 12.2. The molecule has 0 saturated carbocycles. The molecule has 152 valence electrons. The molecule has 1 heterocycles. The largest absolute Gasteiger partial charge is 0.490 e. The first-order valence-electron chi connectivity index (χ1n) is 9.51. The zero-order valence-corrected chi connectivity index (χ0v) is 16.8. The van der Waals surface area contributed by atoms with Crippen LogP contribution in [0.15, 0.2) is 54.7 Å². The molecule has 7 heteroatoms. The normalized spacial score (nSPS) is 10.4. The Balaban J connectivity index is 1.59. The zero-order valence-electron chi connectivity index (χ0n) is 16.8. The number of carbonyl (C=O) groups excluding carboxylic acids is 1. The van der Waals surface area contributed by atoms with E-state index in [2.05, 4.69) is 10.4 Å². The summed E-state index contributed by atoms with van der Waals surface area (Å²) < 4.78 is 18.6. The first-order valence-corrected chi connectivity index (χ1v) is 9.51. The Kier molecular flexibility index (Phi) is 6.73. The third-order valence-electron chi connectivity index (χ3n) is 4.18. The quantitative estimate of drug-likeness (QED) is 0.592. The lowest BCUT2D eigenvalue weighted by molar-refractivity contribution is 0.101. The number of hydrogen-bond donors (Lipinski definition) is 1. The number of anilines is 1. The van der Waals surface area contributed by atoms with Crippen molar-refractivity contribution in [3.63, 3.8) is 0 Å². The zero-order chi connectivity index (χ0) is 20.6. The minimum Gasteiger partial charge on any atom is -0.490 e. The standard InChI is InChI=1S/C22H25N3O4/c1-4-27-20-11-6-16(14-21(20)28-5-2)15-29-18-9-7-17(8-10-18)24-22(26)19-12-13-23-25(19)3/h6-14H,4-5,15H2,1-3H3,(H,24,26). The molecule has 0 atom stereocenters. The van der Waals surface area contributed by atoms with E-state index in [1.165, 1.54) is 4.68 Å². The molecule has 3 rings (SSSR count). The topological polar surface area (TPSA) is 74.6 Å². The van der Waals surface area contributed by atoms with Crippen LogP contribution >= 0.6 is 0 Å². The maximum atomic E-state index is 12.2. The van der Waals surface area contributed by atoms with E-state index < -0.39 is 0 Å². The van der Waals surface area contributed by atoms with Crippen LogP contribution < -0.4 is 19.5 Å². The van der Waals surface area contributed by atoms with Gasteiger partial charge in [-0.2, -0.15) is 5.10 Å². The molecule has 0 aliphatic heterocycles. The third-order valence-corrected chi connectivity index (χ3v) is 4.18. The molecule has 0 fully saturated rings. The van der Waals surface area contributed by atoms with Gasteiger partial charge in [0.15, 0.2) is 11.5 Å². The highest BCUT2D eigenvalue weighted by molar-refractivity contribution is 6.03. The summed E-state index contributed by atoms with van der Waals surface area (Å²) in [6.07, 6.45) is 1.59. The molecule has 3 aromatic rings. The first-order chi connectivity index (χ1) is 14.1. The molecule has 0 aliphatic carbocycles. The molecule has 0 saturated heterocycles. The summed E-state index contributed by atoms with van der Waals surface area (Å²) in [5.41, 5.74) is 2.15. The van der Waals surface area contributed by atoms with Crippen molar-refractivity contribution in [2.24, 2.45) is 7.05 Å². The van der Waals surface area contributed by atoms with Crippen molar-refractivity contribution in [3.05, 3.63) is 66.0 Å². The van der Waals surface area contributed by atoms with Gasteiger partial charge in [0, 0.05) is 18.9 Å². The number of hydrogen-bond acceptors (Lipinski definition) is 5. The number of aryl methyl sites for hydroxylation is 1. The second-order valence-corrected chi connectivity index (χ2v) is 6.25. The van der Waals surface area contributed by atoms with Gasteiger partial charge in [-0.05, 0) is 61.9 Å². The molecule has 2 aromatic carbocycles. The minimum absolute atomic E-state index is 0.212. The Morgan fingerprint density at radius 3 is 2.34 bits per heavy atom. The number of benzene rings is 2. The minimum atomic E-state index is -0.212. The molecular formula is C22H25N3O4. The molecule has 0 spiro atoms. The second kappa shape index (κ2) is 9.64. The monoisotopic (exact) mass is 395 g/mol. The Morgan fingerprint density at radius 2 is 1.69 bits per heavy atom. The number of carbonyl (C=O) groups is 1. The van der Waals surface area contributed by atoms with Crippen LogP contribution in [0.5, 0.6) is 17.2 Å². The average Bonchev–Trinajstić information content (AvgIpc) is 3.15. The van der Waals surface area contributed by atoms with Gasteiger partial charge in [0.25, 0.3) is 5.91 Å². The van der Waals surface area contributed by atoms with E-state index in [1.807, 2.05) is 44.2 Å². The molecule has 0 radical (unpaired) electrons. The van der Waals surface area contributed by atoms with Crippen molar-refractivity contribution in [3.8, 4) is 17.2 Å². The fourth-order valence-electron chi connectivity index (χ4n) is 2.78. The van der Waals surface area contributed by atoms with E-state index in [0.29, 0.717) is 42.7 Å². The van der Waals surface area contributed by atoms with Crippen LogP contribution in [-0.4, -0.2) is 28.9 Å². The van der Waals surface area contributed by atoms with Crippen LogP contribution in [0.4, 0.5) is 5.69 Å². The van der Waals surface area contributed by atoms with Gasteiger partial charge in [0.05, 0.1) is 13.2 Å². The van der Waals surface area contributed by atoms with Crippen molar-refractivity contribution in [2.45, 2.75) is 20.5 Å². The first kappa shape index (κ1) is 20.3. The van der Waals surface area contributed by atoms with Gasteiger partial charge in [-0.1, -0.05) is 6.07 Å². The molecule has 1 aromatic heterocycles. The lowest BCUT2D eigenvalue weighted by Crippen LogP contribution is -2.15. The Labute approximate surface area is 170 Å². The molecule has 29 heavy (non-hydrogen) atoms. The van der Waals surface area contributed by atoms with Crippen molar-refractivity contribution >= 4 is 11.6 Å². The van der Waals surface area contributed by atoms with E-state index >= 15 is 0 Å². The van der Waals surface area contributed by atoms with Gasteiger partial charge in [0.2, 0.25) is 0 Å². The van der Waals surface area contributed by atoms with Crippen LogP contribution in [0.25, 0.3) is 0 Å². The number of aromatic nitrogens is 2. The van der Waals surface area contributed by atoms with Gasteiger partial charge in [-0.25, -0.2) is 0 Å². The molecular weight excluding hydrogens is 370 g/mol. The second-order valence-electron chi connectivity index (χ2n) is 6.25. The predicted molar refractivity (Wildman–Crippen MR) is 111 cm³/mol. The van der Waals surface area contributed by atoms with Gasteiger partial charge in [-0.3, -0.25) is 9.48 Å². The highest BCUT2D eigenvalue weighted by atomic mass is 16.5. The fraction of sp³-hybridized carbons (Fsp3) is 0.273. The molecule has 7 nitrogen and oxygen atoms in total. The molecule has 0 unspecified atom stereocenters. The van der Waals surface area contributed by atoms with E-state index in [0.717, 1.165) is 11.3 Å². The van der Waals surface area contributed by atoms with Gasteiger partial charge < -0.3 is 19.5 Å². The van der Waals surface area contributed by atoms with Crippen LogP contribution in [0.1, 0.15) is 29.9 Å². The number of amides is 1. The summed E-state index contributed by atoms with van der Waals surface area (Å²) in [5.74, 6) is 1.93. The highest BCUT2D eigenvalue weighted by Gasteiger charge is 2.10. The molecule has 0 aliphatic rings. The Morgan fingerprint density at radius 1 is 0.966 bits per heavy atom. The Hall–Kier alpha value is -3.48. The van der Waals surface area contributed by atoms with Crippen molar-refractivity contribution in [1.82, 2.24) is 9.78 Å². The van der Waals surface area contributed by atoms with E-state index in [9.17, 15) is 4.79 Å². The SMILES string of the molecule is CCOc1ccc(COc2ccc(NC(=O)c3ccnn3C)cc2)cc1OCC. The van der Waals surface area contributed by atoms with E-state index in [4.69, 9.17) is 14.2 Å². The summed E-state index contributed by atoms with van der Waals surface area (Å²) in [6.45, 7) is 5.42. The van der Waals surface area contributed by atoms with Crippen molar-refractivity contribution < 1.29 is 19.0 Å². The van der Waals surface area contributed by atoms with Crippen molar-refractivity contribution in [1.29, 1.82) is 0 Å². The number of nitrogens with one attached hydrogen (secondary N) is 1. The number of ether oxygens (including phenoxy) is 3. The maximum absolute atomic E-state index is 12.2. The lowest BCUT2D eigenvalue weighted by atomic mass is 10.2. The fourth-order valence-corrected chi connectivity index (χ4v) is 2.78. The molecule has 1 N–H and O–H groups in total. The summed E-state index contributed by atoms with van der Waals surface area (Å²) in [5, 5.41) is 6.84. The van der Waals surface area contributed by atoms with E-state index in [-0.39, 0.29) is 5.91 Å². The van der Waals surface area contributed by atoms with Gasteiger partial charge >= 0.3 is 0 Å². The molecule has 0 bridgehead atoms. The summed E-state index contributed by atoms with van der Waals surface area (Å²) in [7, 11) is 1.73. The van der Waals surface area contributed by atoms with Crippen molar-refractivity contribution in [2.75, 3.05) is 18.5 Å². The van der Waals surface area contributed by atoms with Crippen LogP contribution in [0.2, 0.25) is 0 Å². The average molecular weight is 395 g/mol. The third kappa shape index (κ3) is 5.28. The lowest BCUT2D eigenvalue weighted by Gasteiger charge is -2.13. The number of rotatable bonds is 9.